The van der Waals surface area contributed by atoms with Crippen molar-refractivity contribution in [2.75, 3.05) is 17.9 Å². The number of carbonyl (C=O) groups is 1. The Labute approximate surface area is 105 Å². The molecular formula is C10H18N6O2. The standard InChI is InChI=1S/C10H18N6O2/c1-10(2,9(11)17)15-6-4-7(16-12)14-8(13-6)5-18-3/h4H,5,12H2,1-3H3,(H2,11,17)(H2,13,14,15,16). The zero-order chi connectivity index (χ0) is 13.8. The summed E-state index contributed by atoms with van der Waals surface area (Å²) in [6.07, 6.45) is 0. The van der Waals surface area contributed by atoms with E-state index in [9.17, 15) is 4.79 Å². The van der Waals surface area contributed by atoms with Crippen molar-refractivity contribution in [1.82, 2.24) is 9.97 Å². The van der Waals surface area contributed by atoms with Gasteiger partial charge in [0.1, 0.15) is 23.8 Å². The van der Waals surface area contributed by atoms with E-state index in [0.29, 0.717) is 17.5 Å². The van der Waals surface area contributed by atoms with Gasteiger partial charge in [0.15, 0.2) is 5.82 Å². The summed E-state index contributed by atoms with van der Waals surface area (Å²) in [5.74, 6) is 6.11. The summed E-state index contributed by atoms with van der Waals surface area (Å²) in [7, 11) is 1.53. The number of rotatable bonds is 6. The average molecular weight is 254 g/mol. The minimum atomic E-state index is -0.926. The lowest BCUT2D eigenvalue weighted by Gasteiger charge is -2.23. The molecule has 0 spiro atoms. The van der Waals surface area contributed by atoms with E-state index in [1.165, 1.54) is 7.11 Å². The zero-order valence-electron chi connectivity index (χ0n) is 10.7. The molecule has 1 heterocycles. The molecule has 0 aliphatic rings. The molecule has 0 saturated carbocycles. The first-order valence-corrected chi connectivity index (χ1v) is 5.30. The van der Waals surface area contributed by atoms with Crippen molar-refractivity contribution in [3.8, 4) is 0 Å². The van der Waals surface area contributed by atoms with Gasteiger partial charge in [0.2, 0.25) is 5.91 Å². The molecule has 0 aromatic carbocycles. The third kappa shape index (κ3) is 3.54. The Morgan fingerprint density at radius 3 is 2.56 bits per heavy atom. The van der Waals surface area contributed by atoms with Crippen LogP contribution >= 0.6 is 0 Å². The SMILES string of the molecule is COCc1nc(NN)cc(NC(C)(C)C(N)=O)n1. The number of primary amides is 1. The van der Waals surface area contributed by atoms with Crippen molar-refractivity contribution in [3.63, 3.8) is 0 Å². The van der Waals surface area contributed by atoms with Crippen LogP contribution in [0.15, 0.2) is 6.07 Å². The number of hydrazine groups is 1. The second kappa shape index (κ2) is 5.61. The lowest BCUT2D eigenvalue weighted by Crippen LogP contribution is -2.45. The van der Waals surface area contributed by atoms with Crippen LogP contribution in [-0.4, -0.2) is 28.5 Å². The van der Waals surface area contributed by atoms with Gasteiger partial charge in [0.25, 0.3) is 0 Å². The maximum Gasteiger partial charge on any atom is 0.242 e. The number of hydrogen-bond donors (Lipinski definition) is 4. The molecule has 8 heteroatoms. The average Bonchev–Trinajstić information content (AvgIpc) is 2.28. The van der Waals surface area contributed by atoms with Crippen LogP contribution in [0.4, 0.5) is 11.6 Å². The maximum atomic E-state index is 11.2. The van der Waals surface area contributed by atoms with Crippen LogP contribution in [-0.2, 0) is 16.1 Å². The predicted octanol–water partition coefficient (Wildman–Crippen LogP) is -0.416. The van der Waals surface area contributed by atoms with Crippen molar-refractivity contribution < 1.29 is 9.53 Å². The number of carbonyl (C=O) groups excluding carboxylic acids is 1. The number of hydrogen-bond acceptors (Lipinski definition) is 7. The molecule has 0 saturated heterocycles. The van der Waals surface area contributed by atoms with Crippen molar-refractivity contribution in [2.24, 2.45) is 11.6 Å². The molecule has 8 nitrogen and oxygen atoms in total. The molecule has 1 aromatic rings. The number of methoxy groups -OCH3 is 1. The van der Waals surface area contributed by atoms with Crippen molar-refractivity contribution >= 4 is 17.5 Å². The molecule has 18 heavy (non-hydrogen) atoms. The lowest BCUT2D eigenvalue weighted by molar-refractivity contribution is -0.121. The number of amides is 1. The normalized spacial score (nSPS) is 11.1. The Kier molecular flexibility index (Phi) is 4.40. The third-order valence-electron chi connectivity index (χ3n) is 2.25. The van der Waals surface area contributed by atoms with Gasteiger partial charge in [-0.1, -0.05) is 0 Å². The molecule has 0 unspecified atom stereocenters. The van der Waals surface area contributed by atoms with Gasteiger partial charge in [-0.25, -0.2) is 15.8 Å². The highest BCUT2D eigenvalue weighted by Crippen LogP contribution is 2.16. The Morgan fingerprint density at radius 2 is 2.06 bits per heavy atom. The molecule has 0 radical (unpaired) electrons. The second-order valence-corrected chi connectivity index (χ2v) is 4.25. The van der Waals surface area contributed by atoms with E-state index < -0.39 is 11.4 Å². The summed E-state index contributed by atoms with van der Waals surface area (Å²) in [6, 6.07) is 1.57. The molecule has 0 fully saturated rings. The van der Waals surface area contributed by atoms with Crippen molar-refractivity contribution in [2.45, 2.75) is 26.0 Å². The molecule has 1 amide bonds. The second-order valence-electron chi connectivity index (χ2n) is 4.25. The van der Waals surface area contributed by atoms with Crippen LogP contribution in [0, 0.1) is 0 Å². The van der Waals surface area contributed by atoms with Crippen LogP contribution < -0.4 is 22.3 Å². The summed E-state index contributed by atoms with van der Waals surface area (Å²) in [6.45, 7) is 3.55. The summed E-state index contributed by atoms with van der Waals surface area (Å²) >= 11 is 0. The van der Waals surface area contributed by atoms with Gasteiger partial charge in [-0.2, -0.15) is 0 Å². The summed E-state index contributed by atoms with van der Waals surface area (Å²) in [4.78, 5) is 19.5. The number of ether oxygens (including phenoxy) is 1. The number of nitrogens with zero attached hydrogens (tertiary/aromatic N) is 2. The number of nitrogen functional groups attached to an aromatic ring is 1. The summed E-state index contributed by atoms with van der Waals surface area (Å²) in [5.41, 5.74) is 6.77. The number of nitrogens with one attached hydrogen (secondary N) is 2. The highest BCUT2D eigenvalue weighted by Gasteiger charge is 2.25. The largest absolute Gasteiger partial charge is 0.377 e. The van der Waals surface area contributed by atoms with Gasteiger partial charge in [0, 0.05) is 13.2 Å². The highest BCUT2D eigenvalue weighted by molar-refractivity contribution is 5.86. The molecule has 6 N–H and O–H groups in total. The Bertz CT molecular complexity index is 434. The molecule has 0 aliphatic heterocycles. The van der Waals surface area contributed by atoms with Gasteiger partial charge in [0.05, 0.1) is 0 Å². The fraction of sp³-hybridized carbons (Fsp3) is 0.500. The molecular weight excluding hydrogens is 236 g/mol. The topological polar surface area (TPSA) is 128 Å². The smallest absolute Gasteiger partial charge is 0.242 e. The fourth-order valence-electron chi connectivity index (χ4n) is 1.21. The van der Waals surface area contributed by atoms with Gasteiger partial charge >= 0.3 is 0 Å². The molecule has 1 rings (SSSR count). The monoisotopic (exact) mass is 254 g/mol. The maximum absolute atomic E-state index is 11.2. The number of anilines is 2. The van der Waals surface area contributed by atoms with Gasteiger partial charge in [-0.05, 0) is 13.8 Å². The van der Waals surface area contributed by atoms with Crippen LogP contribution in [0.5, 0.6) is 0 Å². The van der Waals surface area contributed by atoms with E-state index in [4.69, 9.17) is 16.3 Å². The van der Waals surface area contributed by atoms with Gasteiger partial charge < -0.3 is 21.2 Å². The third-order valence-corrected chi connectivity index (χ3v) is 2.25. The van der Waals surface area contributed by atoms with E-state index in [-0.39, 0.29) is 6.61 Å². The van der Waals surface area contributed by atoms with E-state index >= 15 is 0 Å². The first kappa shape index (κ1) is 14.1. The minimum Gasteiger partial charge on any atom is -0.377 e. The van der Waals surface area contributed by atoms with Crippen molar-refractivity contribution in [1.29, 1.82) is 0 Å². The van der Waals surface area contributed by atoms with Crippen LogP contribution in [0.2, 0.25) is 0 Å². The quantitative estimate of drug-likeness (QED) is 0.401. The lowest BCUT2D eigenvalue weighted by atomic mass is 10.1. The van der Waals surface area contributed by atoms with Crippen LogP contribution in [0.3, 0.4) is 0 Å². The molecule has 0 atom stereocenters. The predicted molar refractivity (Wildman–Crippen MR) is 67.5 cm³/mol. The molecule has 0 aliphatic carbocycles. The Morgan fingerprint density at radius 1 is 1.44 bits per heavy atom. The number of nitrogens with two attached hydrogens (primary N) is 2. The van der Waals surface area contributed by atoms with Gasteiger partial charge in [-0.3, -0.25) is 4.79 Å². The fourth-order valence-corrected chi connectivity index (χ4v) is 1.21. The summed E-state index contributed by atoms with van der Waals surface area (Å²) < 4.78 is 4.95. The molecule has 100 valence electrons. The summed E-state index contributed by atoms with van der Waals surface area (Å²) in [5, 5.41) is 2.91. The number of aromatic nitrogens is 2. The van der Waals surface area contributed by atoms with Crippen molar-refractivity contribution in [3.05, 3.63) is 11.9 Å². The zero-order valence-corrected chi connectivity index (χ0v) is 10.7. The Balaban J connectivity index is 3.01. The van der Waals surface area contributed by atoms with Gasteiger partial charge in [-0.15, -0.1) is 0 Å². The van der Waals surface area contributed by atoms with E-state index in [2.05, 4.69) is 20.7 Å². The van der Waals surface area contributed by atoms with E-state index in [1.54, 1.807) is 19.9 Å². The van der Waals surface area contributed by atoms with E-state index in [1.807, 2.05) is 0 Å². The highest BCUT2D eigenvalue weighted by atomic mass is 16.5. The first-order valence-electron chi connectivity index (χ1n) is 5.30. The van der Waals surface area contributed by atoms with Crippen LogP contribution in [0.1, 0.15) is 19.7 Å². The Hall–Kier alpha value is -1.93. The van der Waals surface area contributed by atoms with E-state index in [0.717, 1.165) is 0 Å². The first-order chi connectivity index (χ1) is 8.39. The minimum absolute atomic E-state index is 0.237. The molecule has 0 bridgehead atoms. The van der Waals surface area contributed by atoms with Crippen LogP contribution in [0.25, 0.3) is 0 Å². The molecule has 1 aromatic heterocycles.